The molecule has 0 amide bonds. The number of hydrogen-bond acceptors (Lipinski definition) is 3. The van der Waals surface area contributed by atoms with Crippen LogP contribution in [0.1, 0.15) is 24.2 Å². The lowest BCUT2D eigenvalue weighted by Gasteiger charge is -2.34. The molecular weight excluding hydrogens is 266 g/mol. The number of halogens is 1. The maximum Gasteiger partial charge on any atom is 0.225 e. The Morgan fingerprint density at radius 1 is 1.31 bits per heavy atom. The number of nitrogens with zero attached hydrogens (tertiary/aromatic N) is 3. The molecule has 3 nitrogen and oxygen atoms in total. The third-order valence-corrected chi connectivity index (χ3v) is 3.77. The molecule has 0 aromatic carbocycles. The second-order valence-corrected chi connectivity index (χ2v) is 6.06. The van der Waals surface area contributed by atoms with Crippen molar-refractivity contribution < 1.29 is 0 Å². The Morgan fingerprint density at radius 2 is 1.88 bits per heavy atom. The van der Waals surface area contributed by atoms with Crippen molar-refractivity contribution in [1.82, 2.24) is 9.97 Å². The van der Waals surface area contributed by atoms with Gasteiger partial charge in [-0.05, 0) is 38.7 Å². The second-order valence-electron chi connectivity index (χ2n) is 4.77. The van der Waals surface area contributed by atoms with Crippen LogP contribution in [0.4, 0.5) is 5.95 Å². The van der Waals surface area contributed by atoms with Gasteiger partial charge in [0.05, 0.1) is 0 Å². The van der Waals surface area contributed by atoms with Crippen molar-refractivity contribution in [3.8, 4) is 0 Å². The van der Waals surface area contributed by atoms with E-state index in [-0.39, 0.29) is 0 Å². The summed E-state index contributed by atoms with van der Waals surface area (Å²) in [5.74, 6) is 1.65. The standard InChI is InChI=1S/C12H18BrN3/c1-8-4-9(2)15-12(14-8)16(3)7-10-5-11(13)6-10/h4,10-11H,5-7H2,1-3H3. The van der Waals surface area contributed by atoms with Crippen molar-refractivity contribution in [3.05, 3.63) is 17.5 Å². The van der Waals surface area contributed by atoms with E-state index in [4.69, 9.17) is 0 Å². The van der Waals surface area contributed by atoms with Gasteiger partial charge in [0.25, 0.3) is 0 Å². The maximum absolute atomic E-state index is 4.47. The minimum absolute atomic E-state index is 0.728. The summed E-state index contributed by atoms with van der Waals surface area (Å²) in [5, 5.41) is 0. The molecule has 88 valence electrons. The summed E-state index contributed by atoms with van der Waals surface area (Å²) in [6.45, 7) is 5.10. The third-order valence-electron chi connectivity index (χ3n) is 3.02. The first-order chi connectivity index (χ1) is 7.54. The van der Waals surface area contributed by atoms with Crippen LogP contribution in [0.25, 0.3) is 0 Å². The molecule has 1 heterocycles. The summed E-state index contributed by atoms with van der Waals surface area (Å²) in [7, 11) is 2.08. The zero-order valence-corrected chi connectivity index (χ0v) is 11.7. The lowest BCUT2D eigenvalue weighted by molar-refractivity contribution is 0.338. The number of alkyl halides is 1. The summed E-state index contributed by atoms with van der Waals surface area (Å²) >= 11 is 3.62. The van der Waals surface area contributed by atoms with Gasteiger partial charge in [-0.1, -0.05) is 15.9 Å². The second kappa shape index (κ2) is 4.70. The predicted molar refractivity (Wildman–Crippen MR) is 70.2 cm³/mol. The van der Waals surface area contributed by atoms with Gasteiger partial charge in [0.15, 0.2) is 0 Å². The Hall–Kier alpha value is -0.640. The summed E-state index contributed by atoms with van der Waals surface area (Å²) in [4.78, 5) is 11.8. The Balaban J connectivity index is 2.00. The van der Waals surface area contributed by atoms with Gasteiger partial charge in [0.1, 0.15) is 0 Å². The molecule has 1 fully saturated rings. The molecule has 0 radical (unpaired) electrons. The molecule has 1 aromatic heterocycles. The van der Waals surface area contributed by atoms with Gasteiger partial charge in [-0.3, -0.25) is 0 Å². The molecule has 1 aromatic rings. The van der Waals surface area contributed by atoms with Gasteiger partial charge >= 0.3 is 0 Å². The molecule has 0 spiro atoms. The highest BCUT2D eigenvalue weighted by molar-refractivity contribution is 9.09. The van der Waals surface area contributed by atoms with Gasteiger partial charge in [-0.2, -0.15) is 0 Å². The molecule has 0 saturated heterocycles. The average Bonchev–Trinajstić information content (AvgIpc) is 2.13. The van der Waals surface area contributed by atoms with E-state index in [1.54, 1.807) is 0 Å². The van der Waals surface area contributed by atoms with Crippen molar-refractivity contribution in [3.63, 3.8) is 0 Å². The van der Waals surface area contributed by atoms with Crippen LogP contribution in [0.15, 0.2) is 6.07 Å². The molecule has 1 aliphatic carbocycles. The molecule has 0 unspecified atom stereocenters. The van der Waals surface area contributed by atoms with E-state index in [1.807, 2.05) is 19.9 Å². The minimum atomic E-state index is 0.728. The van der Waals surface area contributed by atoms with E-state index < -0.39 is 0 Å². The normalized spacial score (nSPS) is 24.0. The van der Waals surface area contributed by atoms with Crippen molar-refractivity contribution in [2.24, 2.45) is 5.92 Å². The Morgan fingerprint density at radius 3 is 2.38 bits per heavy atom. The highest BCUT2D eigenvalue weighted by atomic mass is 79.9. The van der Waals surface area contributed by atoms with Crippen molar-refractivity contribution in [1.29, 1.82) is 0 Å². The highest BCUT2D eigenvalue weighted by Crippen LogP contribution is 2.33. The number of hydrogen-bond donors (Lipinski definition) is 0. The molecule has 0 bridgehead atoms. The van der Waals surface area contributed by atoms with E-state index in [0.29, 0.717) is 0 Å². The SMILES string of the molecule is Cc1cc(C)nc(N(C)CC2CC(Br)C2)n1. The number of aryl methyl sites for hydroxylation is 2. The van der Waals surface area contributed by atoms with E-state index in [2.05, 4.69) is 37.8 Å². The Labute approximate surface area is 105 Å². The van der Waals surface area contributed by atoms with Crippen LogP contribution in [0.5, 0.6) is 0 Å². The predicted octanol–water partition coefficient (Wildman–Crippen LogP) is 2.70. The first kappa shape index (κ1) is 11.8. The largest absolute Gasteiger partial charge is 0.344 e. The average molecular weight is 284 g/mol. The van der Waals surface area contributed by atoms with Crippen LogP contribution in [0.2, 0.25) is 0 Å². The van der Waals surface area contributed by atoms with E-state index in [9.17, 15) is 0 Å². The maximum atomic E-state index is 4.47. The smallest absolute Gasteiger partial charge is 0.225 e. The minimum Gasteiger partial charge on any atom is -0.344 e. The van der Waals surface area contributed by atoms with Crippen LogP contribution < -0.4 is 4.90 Å². The molecule has 1 saturated carbocycles. The van der Waals surface area contributed by atoms with Crippen molar-refractivity contribution in [2.75, 3.05) is 18.5 Å². The number of rotatable bonds is 3. The van der Waals surface area contributed by atoms with E-state index in [0.717, 1.165) is 34.6 Å². The van der Waals surface area contributed by atoms with Crippen LogP contribution in [0.3, 0.4) is 0 Å². The Bertz CT molecular complexity index is 354. The summed E-state index contributed by atoms with van der Waals surface area (Å²) < 4.78 is 0. The zero-order chi connectivity index (χ0) is 11.7. The zero-order valence-electron chi connectivity index (χ0n) is 10.1. The first-order valence-electron chi connectivity index (χ1n) is 5.72. The van der Waals surface area contributed by atoms with Gasteiger partial charge in [-0.15, -0.1) is 0 Å². The number of aromatic nitrogens is 2. The molecule has 16 heavy (non-hydrogen) atoms. The number of anilines is 1. The fourth-order valence-electron chi connectivity index (χ4n) is 2.15. The van der Waals surface area contributed by atoms with Gasteiger partial charge in [0.2, 0.25) is 5.95 Å². The molecule has 0 atom stereocenters. The quantitative estimate of drug-likeness (QED) is 0.799. The van der Waals surface area contributed by atoms with Gasteiger partial charge in [-0.25, -0.2) is 9.97 Å². The van der Waals surface area contributed by atoms with E-state index >= 15 is 0 Å². The Kier molecular flexibility index (Phi) is 3.47. The lowest BCUT2D eigenvalue weighted by Crippen LogP contribution is -2.35. The van der Waals surface area contributed by atoms with Crippen molar-refractivity contribution in [2.45, 2.75) is 31.5 Å². The van der Waals surface area contributed by atoms with Gasteiger partial charge in [0, 0.05) is 29.8 Å². The lowest BCUT2D eigenvalue weighted by atomic mass is 9.85. The fraction of sp³-hybridized carbons (Fsp3) is 0.667. The van der Waals surface area contributed by atoms with E-state index in [1.165, 1.54) is 12.8 Å². The summed E-state index contributed by atoms with van der Waals surface area (Å²) in [6.07, 6.45) is 2.55. The van der Waals surface area contributed by atoms with Crippen LogP contribution in [-0.4, -0.2) is 28.4 Å². The first-order valence-corrected chi connectivity index (χ1v) is 6.63. The van der Waals surface area contributed by atoms with Crippen LogP contribution >= 0.6 is 15.9 Å². The summed E-state index contributed by atoms with van der Waals surface area (Å²) in [6, 6.07) is 2.01. The monoisotopic (exact) mass is 283 g/mol. The topological polar surface area (TPSA) is 29.0 Å². The molecule has 0 aliphatic heterocycles. The molecule has 0 N–H and O–H groups in total. The van der Waals surface area contributed by atoms with Crippen LogP contribution in [0, 0.1) is 19.8 Å². The third kappa shape index (κ3) is 2.73. The van der Waals surface area contributed by atoms with Crippen molar-refractivity contribution >= 4 is 21.9 Å². The molecule has 2 rings (SSSR count). The molecule has 4 heteroatoms. The summed E-state index contributed by atoms with van der Waals surface area (Å²) in [5.41, 5.74) is 2.09. The van der Waals surface area contributed by atoms with Crippen LogP contribution in [-0.2, 0) is 0 Å². The van der Waals surface area contributed by atoms with Gasteiger partial charge < -0.3 is 4.90 Å². The molecule has 1 aliphatic rings. The fourth-order valence-corrected chi connectivity index (χ4v) is 3.21. The molecular formula is C12H18BrN3. The highest BCUT2D eigenvalue weighted by Gasteiger charge is 2.28.